The van der Waals surface area contributed by atoms with E-state index in [1.54, 1.807) is 0 Å². The van der Waals surface area contributed by atoms with Crippen molar-refractivity contribution >= 4 is 34.8 Å². The van der Waals surface area contributed by atoms with Crippen molar-refractivity contribution in [2.75, 3.05) is 0 Å². The summed E-state index contributed by atoms with van der Waals surface area (Å²) in [7, 11) is 0. The normalized spacial score (nSPS) is 10.8. The van der Waals surface area contributed by atoms with Gasteiger partial charge in [-0.15, -0.1) is 0 Å². The molecule has 0 amide bonds. The molecule has 0 spiro atoms. The molecule has 1 aromatic carbocycles. The lowest BCUT2D eigenvalue weighted by Gasteiger charge is -2.02. The fourth-order valence-electron chi connectivity index (χ4n) is 1.18. The van der Waals surface area contributed by atoms with Crippen LogP contribution in [0.2, 0.25) is 15.1 Å². The number of hydrogen-bond acceptors (Lipinski definition) is 4. The summed E-state index contributed by atoms with van der Waals surface area (Å²) >= 11 is 17.7. The van der Waals surface area contributed by atoms with Crippen LogP contribution in [0.1, 0.15) is 5.89 Å². The van der Waals surface area contributed by atoms with Crippen LogP contribution in [0.3, 0.4) is 0 Å². The van der Waals surface area contributed by atoms with Gasteiger partial charge in [0.25, 0.3) is 5.89 Å². The fraction of sp³-hybridized carbons (Fsp3) is 0.111. The van der Waals surface area contributed by atoms with Crippen LogP contribution >= 0.6 is 34.8 Å². The number of rotatable bonds is 2. The van der Waals surface area contributed by atoms with Crippen LogP contribution in [0.4, 0.5) is 0 Å². The number of benzene rings is 1. The molecular formula is C9H5Cl3N2O2. The Labute approximate surface area is 106 Å². The van der Waals surface area contributed by atoms with Gasteiger partial charge in [-0.25, -0.2) is 0 Å². The summed E-state index contributed by atoms with van der Waals surface area (Å²) in [6.07, 6.45) is 0. The first-order valence-electron chi connectivity index (χ1n) is 4.20. The molecule has 2 rings (SSSR count). The highest BCUT2D eigenvalue weighted by molar-refractivity contribution is 6.41. The van der Waals surface area contributed by atoms with E-state index in [1.165, 1.54) is 12.1 Å². The highest BCUT2D eigenvalue weighted by atomic mass is 35.5. The third kappa shape index (κ3) is 2.15. The van der Waals surface area contributed by atoms with Crippen LogP contribution in [0.5, 0.6) is 0 Å². The molecule has 0 saturated carbocycles. The van der Waals surface area contributed by atoms with Crippen molar-refractivity contribution in [3.05, 3.63) is 33.1 Å². The summed E-state index contributed by atoms with van der Waals surface area (Å²) in [5, 5.41) is 13.5. The Morgan fingerprint density at radius 1 is 1.19 bits per heavy atom. The molecule has 0 aliphatic carbocycles. The second kappa shape index (κ2) is 4.59. The minimum absolute atomic E-state index is 0.0945. The number of aliphatic hydroxyl groups excluding tert-OH is 1. The average Bonchev–Trinajstić information content (AvgIpc) is 2.64. The maximum absolute atomic E-state index is 8.80. The van der Waals surface area contributed by atoms with Gasteiger partial charge in [-0.3, -0.25) is 0 Å². The van der Waals surface area contributed by atoms with Crippen molar-refractivity contribution in [2.45, 2.75) is 6.61 Å². The lowest BCUT2D eigenvalue weighted by molar-refractivity contribution is 0.222. The monoisotopic (exact) mass is 278 g/mol. The van der Waals surface area contributed by atoms with E-state index in [0.717, 1.165) is 0 Å². The van der Waals surface area contributed by atoms with E-state index in [4.69, 9.17) is 44.4 Å². The van der Waals surface area contributed by atoms with Crippen molar-refractivity contribution in [2.24, 2.45) is 0 Å². The maximum atomic E-state index is 8.80. The van der Waals surface area contributed by atoms with Crippen molar-refractivity contribution in [3.63, 3.8) is 0 Å². The molecule has 0 saturated heterocycles. The second-order valence-corrected chi connectivity index (χ2v) is 4.17. The van der Waals surface area contributed by atoms with Crippen LogP contribution in [-0.2, 0) is 6.61 Å². The third-order valence-electron chi connectivity index (χ3n) is 1.83. The summed E-state index contributed by atoms with van der Waals surface area (Å²) in [6, 6.07) is 3.05. The molecule has 0 aliphatic rings. The van der Waals surface area contributed by atoms with Gasteiger partial charge in [0.15, 0.2) is 0 Å². The number of aliphatic hydroxyl groups is 1. The largest absolute Gasteiger partial charge is 0.387 e. The lowest BCUT2D eigenvalue weighted by Crippen LogP contribution is -1.86. The van der Waals surface area contributed by atoms with Crippen LogP contribution < -0.4 is 0 Å². The first kappa shape index (κ1) is 11.7. The second-order valence-electron chi connectivity index (χ2n) is 2.91. The number of halogens is 3. The van der Waals surface area contributed by atoms with Crippen molar-refractivity contribution < 1.29 is 9.63 Å². The predicted octanol–water partition coefficient (Wildman–Crippen LogP) is 3.19. The van der Waals surface area contributed by atoms with Crippen molar-refractivity contribution in [3.8, 4) is 11.4 Å². The van der Waals surface area contributed by atoms with E-state index in [0.29, 0.717) is 20.6 Å². The SMILES string of the molecule is OCc1nc(-c2c(Cl)cc(Cl)cc2Cl)no1. The Bertz CT molecular complexity index is 504. The molecule has 1 aromatic heterocycles. The summed E-state index contributed by atoms with van der Waals surface area (Å²) in [6.45, 7) is -0.337. The summed E-state index contributed by atoms with van der Waals surface area (Å²) < 4.78 is 4.75. The molecule has 0 aliphatic heterocycles. The van der Waals surface area contributed by atoms with E-state index in [2.05, 4.69) is 10.1 Å². The first-order chi connectivity index (χ1) is 7.61. The highest BCUT2D eigenvalue weighted by Gasteiger charge is 2.15. The van der Waals surface area contributed by atoms with Crippen LogP contribution in [0.15, 0.2) is 16.7 Å². The molecule has 0 radical (unpaired) electrons. The van der Waals surface area contributed by atoms with E-state index in [1.807, 2.05) is 0 Å². The molecule has 1 N–H and O–H groups in total. The zero-order valence-corrected chi connectivity index (χ0v) is 10.0. The first-order valence-corrected chi connectivity index (χ1v) is 5.33. The maximum Gasteiger partial charge on any atom is 0.252 e. The average molecular weight is 280 g/mol. The van der Waals surface area contributed by atoms with Gasteiger partial charge in [0.1, 0.15) is 6.61 Å². The standard InChI is InChI=1S/C9H5Cl3N2O2/c10-4-1-5(11)8(6(12)2-4)9-13-7(3-15)16-14-9/h1-2,15H,3H2. The highest BCUT2D eigenvalue weighted by Crippen LogP contribution is 2.35. The summed E-state index contributed by atoms with van der Waals surface area (Å²) in [4.78, 5) is 3.91. The molecule has 0 fully saturated rings. The number of nitrogens with zero attached hydrogens (tertiary/aromatic N) is 2. The minimum atomic E-state index is -0.337. The van der Waals surface area contributed by atoms with Crippen LogP contribution in [0, 0.1) is 0 Å². The van der Waals surface area contributed by atoms with E-state index < -0.39 is 0 Å². The van der Waals surface area contributed by atoms with Gasteiger partial charge >= 0.3 is 0 Å². The zero-order valence-electron chi connectivity index (χ0n) is 7.75. The quantitative estimate of drug-likeness (QED) is 0.917. The predicted molar refractivity (Wildman–Crippen MR) is 60.7 cm³/mol. The Morgan fingerprint density at radius 3 is 2.31 bits per heavy atom. The Kier molecular flexibility index (Phi) is 3.35. The van der Waals surface area contributed by atoms with Gasteiger partial charge in [-0.2, -0.15) is 4.98 Å². The third-order valence-corrected chi connectivity index (χ3v) is 2.65. The van der Waals surface area contributed by atoms with Gasteiger partial charge < -0.3 is 9.63 Å². The number of hydrogen-bond donors (Lipinski definition) is 1. The van der Waals surface area contributed by atoms with Crippen molar-refractivity contribution in [1.82, 2.24) is 10.1 Å². The Hall–Kier alpha value is -0.810. The van der Waals surface area contributed by atoms with E-state index in [-0.39, 0.29) is 18.3 Å². The van der Waals surface area contributed by atoms with Gasteiger partial charge in [0.2, 0.25) is 5.82 Å². The van der Waals surface area contributed by atoms with Gasteiger partial charge in [-0.1, -0.05) is 40.0 Å². The van der Waals surface area contributed by atoms with E-state index >= 15 is 0 Å². The lowest BCUT2D eigenvalue weighted by atomic mass is 10.2. The molecular weight excluding hydrogens is 274 g/mol. The van der Waals surface area contributed by atoms with Crippen LogP contribution in [0.25, 0.3) is 11.4 Å². The molecule has 84 valence electrons. The Morgan fingerprint density at radius 2 is 1.81 bits per heavy atom. The minimum Gasteiger partial charge on any atom is -0.387 e. The molecule has 4 nitrogen and oxygen atoms in total. The Balaban J connectivity index is 2.55. The molecule has 7 heteroatoms. The smallest absolute Gasteiger partial charge is 0.252 e. The topological polar surface area (TPSA) is 59.2 Å². The summed E-state index contributed by atoms with van der Waals surface area (Å²) in [5.74, 6) is 0.313. The molecule has 0 atom stereocenters. The van der Waals surface area contributed by atoms with E-state index in [9.17, 15) is 0 Å². The van der Waals surface area contributed by atoms with Crippen LogP contribution in [-0.4, -0.2) is 15.2 Å². The molecule has 0 unspecified atom stereocenters. The van der Waals surface area contributed by atoms with Gasteiger partial charge in [-0.05, 0) is 12.1 Å². The van der Waals surface area contributed by atoms with Gasteiger partial charge in [0.05, 0.1) is 15.6 Å². The van der Waals surface area contributed by atoms with Gasteiger partial charge in [0, 0.05) is 5.02 Å². The molecule has 0 bridgehead atoms. The van der Waals surface area contributed by atoms with Crippen molar-refractivity contribution in [1.29, 1.82) is 0 Å². The molecule has 1 heterocycles. The fourth-order valence-corrected chi connectivity index (χ4v) is 2.16. The molecule has 16 heavy (non-hydrogen) atoms. The zero-order chi connectivity index (χ0) is 11.7. The molecule has 2 aromatic rings. The number of aromatic nitrogens is 2. The summed E-state index contributed by atoms with van der Waals surface area (Å²) in [5.41, 5.74) is 0.427.